The first kappa shape index (κ1) is 26.0. The van der Waals surface area contributed by atoms with Crippen molar-refractivity contribution in [2.45, 2.75) is 57.7 Å². The number of carbonyl (C=O) groups excluding carboxylic acids is 1. The van der Waals surface area contributed by atoms with Crippen LogP contribution in [0.15, 0.2) is 31.0 Å². The molecule has 0 amide bonds. The minimum atomic E-state index is -1.13. The predicted octanol–water partition coefficient (Wildman–Crippen LogP) is 3.48. The second-order valence-electron chi connectivity index (χ2n) is 10.6. The van der Waals surface area contributed by atoms with Crippen molar-refractivity contribution in [3.8, 4) is 17.3 Å². The van der Waals surface area contributed by atoms with Crippen molar-refractivity contribution in [3.05, 3.63) is 31.0 Å². The standard InChI is InChI=1S/C25H35N7O3Si/c1-5-35-22(33)7-10-30-16-25(17-30,8-9-26)32-15-20(14-29-32)23-21-6-11-31(24(21)28-18-27-23)19-34-12-13-36(2,3)4/h6,11,14-15,18H,5,7-8,10,12-13,16-17,19H2,1-4H3. The molecule has 0 atom stereocenters. The molecular formula is C25H35N7O3Si. The van der Waals surface area contributed by atoms with E-state index in [1.807, 2.05) is 27.7 Å². The van der Waals surface area contributed by atoms with E-state index in [1.54, 1.807) is 19.4 Å². The molecule has 11 heteroatoms. The van der Waals surface area contributed by atoms with Crippen LogP contribution in [0.3, 0.4) is 0 Å². The van der Waals surface area contributed by atoms with Crippen LogP contribution in [0.5, 0.6) is 0 Å². The summed E-state index contributed by atoms with van der Waals surface area (Å²) in [5.74, 6) is -0.196. The lowest BCUT2D eigenvalue weighted by atomic mass is 9.86. The van der Waals surface area contributed by atoms with Gasteiger partial charge in [0.15, 0.2) is 0 Å². The van der Waals surface area contributed by atoms with Crippen molar-refractivity contribution < 1.29 is 14.3 Å². The van der Waals surface area contributed by atoms with Crippen molar-refractivity contribution in [1.82, 2.24) is 29.2 Å². The number of nitriles is 1. The quantitative estimate of drug-likeness (QED) is 0.207. The number of nitrogens with zero attached hydrogens (tertiary/aromatic N) is 7. The SMILES string of the molecule is CCOC(=O)CCN1CC(CC#N)(n2cc(-c3ncnc4c3ccn4COCC[Si](C)(C)C)cn2)C1. The second-order valence-corrected chi connectivity index (χ2v) is 16.2. The summed E-state index contributed by atoms with van der Waals surface area (Å²) >= 11 is 0. The van der Waals surface area contributed by atoms with Crippen molar-refractivity contribution in [2.24, 2.45) is 0 Å². The molecule has 0 aliphatic carbocycles. The van der Waals surface area contributed by atoms with Gasteiger partial charge in [0, 0.05) is 57.7 Å². The third-order valence-electron chi connectivity index (χ3n) is 6.51. The van der Waals surface area contributed by atoms with Crippen LogP contribution in [0.4, 0.5) is 0 Å². The normalized spacial score (nSPS) is 15.5. The molecule has 10 nitrogen and oxygen atoms in total. The molecule has 3 aromatic rings. The van der Waals surface area contributed by atoms with E-state index in [9.17, 15) is 10.1 Å². The van der Waals surface area contributed by atoms with Crippen molar-refractivity contribution in [2.75, 3.05) is 32.8 Å². The van der Waals surface area contributed by atoms with Gasteiger partial charge in [-0.15, -0.1) is 0 Å². The molecule has 4 rings (SSSR count). The Morgan fingerprint density at radius 3 is 2.81 bits per heavy atom. The molecule has 0 N–H and O–H groups in total. The van der Waals surface area contributed by atoms with Crippen LogP contribution in [0, 0.1) is 11.3 Å². The molecule has 3 aromatic heterocycles. The van der Waals surface area contributed by atoms with Crippen LogP contribution < -0.4 is 0 Å². The van der Waals surface area contributed by atoms with E-state index in [1.165, 1.54) is 0 Å². The van der Waals surface area contributed by atoms with Gasteiger partial charge < -0.3 is 14.0 Å². The molecule has 0 saturated carbocycles. The van der Waals surface area contributed by atoms with Crippen LogP contribution in [-0.4, -0.2) is 76.1 Å². The van der Waals surface area contributed by atoms with E-state index in [4.69, 9.17) is 9.47 Å². The number of carbonyl (C=O) groups is 1. The first-order valence-electron chi connectivity index (χ1n) is 12.4. The van der Waals surface area contributed by atoms with Crippen LogP contribution in [-0.2, 0) is 26.5 Å². The number of esters is 1. The predicted molar refractivity (Wildman–Crippen MR) is 139 cm³/mol. The number of ether oxygens (including phenoxy) is 2. The van der Waals surface area contributed by atoms with E-state index in [2.05, 4.69) is 45.7 Å². The van der Waals surface area contributed by atoms with Crippen molar-refractivity contribution >= 4 is 25.1 Å². The van der Waals surface area contributed by atoms with Crippen molar-refractivity contribution in [3.63, 3.8) is 0 Å². The van der Waals surface area contributed by atoms with Gasteiger partial charge in [-0.1, -0.05) is 19.6 Å². The van der Waals surface area contributed by atoms with Gasteiger partial charge in [0.25, 0.3) is 0 Å². The summed E-state index contributed by atoms with van der Waals surface area (Å²) in [4.78, 5) is 22.9. The number of likely N-dealkylation sites (tertiary alicyclic amines) is 1. The highest BCUT2D eigenvalue weighted by Crippen LogP contribution is 2.34. The summed E-state index contributed by atoms with van der Waals surface area (Å²) in [5.41, 5.74) is 2.09. The largest absolute Gasteiger partial charge is 0.466 e. The van der Waals surface area contributed by atoms with Gasteiger partial charge in [-0.3, -0.25) is 14.4 Å². The molecule has 0 unspecified atom stereocenters. The number of hydrogen-bond donors (Lipinski definition) is 0. The molecule has 0 bridgehead atoms. The Kier molecular flexibility index (Phi) is 7.87. The summed E-state index contributed by atoms with van der Waals surface area (Å²) in [7, 11) is -1.13. The lowest BCUT2D eigenvalue weighted by Crippen LogP contribution is -2.62. The Bertz CT molecular complexity index is 1230. The molecule has 0 aromatic carbocycles. The van der Waals surface area contributed by atoms with E-state index in [0.717, 1.165) is 34.9 Å². The molecule has 1 aliphatic heterocycles. The summed E-state index contributed by atoms with van der Waals surface area (Å²) in [6.07, 6.45) is 7.99. The molecule has 1 saturated heterocycles. The second kappa shape index (κ2) is 10.9. The zero-order chi connectivity index (χ0) is 25.8. The number of rotatable bonds is 12. The van der Waals surface area contributed by atoms with E-state index >= 15 is 0 Å². The minimum absolute atomic E-state index is 0.196. The molecular weight excluding hydrogens is 474 g/mol. The first-order valence-corrected chi connectivity index (χ1v) is 16.1. The van der Waals surface area contributed by atoms with Gasteiger partial charge in [-0.2, -0.15) is 10.4 Å². The number of aromatic nitrogens is 5. The maximum atomic E-state index is 11.7. The minimum Gasteiger partial charge on any atom is -0.466 e. The third kappa shape index (κ3) is 5.83. The topological polar surface area (TPSA) is 111 Å². The van der Waals surface area contributed by atoms with Crippen LogP contribution in [0.25, 0.3) is 22.3 Å². The lowest BCUT2D eigenvalue weighted by Gasteiger charge is -2.49. The third-order valence-corrected chi connectivity index (χ3v) is 8.21. The average molecular weight is 510 g/mol. The van der Waals surface area contributed by atoms with Gasteiger partial charge in [-0.25, -0.2) is 9.97 Å². The molecule has 36 heavy (non-hydrogen) atoms. The zero-order valence-electron chi connectivity index (χ0n) is 21.6. The highest BCUT2D eigenvalue weighted by molar-refractivity contribution is 6.76. The molecule has 0 spiro atoms. The van der Waals surface area contributed by atoms with E-state index in [0.29, 0.717) is 45.8 Å². The molecule has 192 valence electrons. The highest BCUT2D eigenvalue weighted by atomic mass is 28.3. The zero-order valence-corrected chi connectivity index (χ0v) is 22.6. The van der Waals surface area contributed by atoms with Gasteiger partial charge in [0.05, 0.1) is 37.4 Å². The Balaban J connectivity index is 1.46. The summed E-state index contributed by atoms with van der Waals surface area (Å²) in [5, 5.41) is 15.0. The fourth-order valence-electron chi connectivity index (χ4n) is 4.50. The average Bonchev–Trinajstić information content (AvgIpc) is 3.45. The summed E-state index contributed by atoms with van der Waals surface area (Å²) in [6.45, 7) is 12.3. The van der Waals surface area contributed by atoms with Gasteiger partial charge in [0.2, 0.25) is 0 Å². The van der Waals surface area contributed by atoms with Crippen molar-refractivity contribution in [1.29, 1.82) is 5.26 Å². The van der Waals surface area contributed by atoms with Crippen LogP contribution >= 0.6 is 0 Å². The molecule has 1 fully saturated rings. The lowest BCUT2D eigenvalue weighted by molar-refractivity contribution is -0.144. The highest BCUT2D eigenvalue weighted by Gasteiger charge is 2.45. The smallest absolute Gasteiger partial charge is 0.307 e. The number of hydrogen-bond acceptors (Lipinski definition) is 8. The van der Waals surface area contributed by atoms with Crippen LogP contribution in [0.2, 0.25) is 25.7 Å². The molecule has 1 aliphatic rings. The Morgan fingerprint density at radius 2 is 2.08 bits per heavy atom. The van der Waals surface area contributed by atoms with Gasteiger partial charge in [-0.05, 0) is 19.0 Å². The molecule has 0 radical (unpaired) electrons. The van der Waals surface area contributed by atoms with E-state index in [-0.39, 0.29) is 5.97 Å². The number of fused-ring (bicyclic) bond motifs is 1. The molecule has 4 heterocycles. The van der Waals surface area contributed by atoms with Gasteiger partial charge in [0.1, 0.15) is 24.2 Å². The fraction of sp³-hybridized carbons (Fsp3) is 0.560. The Morgan fingerprint density at radius 1 is 1.28 bits per heavy atom. The monoisotopic (exact) mass is 509 g/mol. The maximum absolute atomic E-state index is 11.7. The summed E-state index contributed by atoms with van der Waals surface area (Å²) in [6, 6.07) is 5.44. The summed E-state index contributed by atoms with van der Waals surface area (Å²) < 4.78 is 14.8. The maximum Gasteiger partial charge on any atom is 0.307 e. The van der Waals surface area contributed by atoms with Crippen LogP contribution in [0.1, 0.15) is 19.8 Å². The fourth-order valence-corrected chi connectivity index (χ4v) is 5.25. The Hall–Kier alpha value is -3.07. The van der Waals surface area contributed by atoms with Gasteiger partial charge >= 0.3 is 5.97 Å². The van der Waals surface area contributed by atoms with E-state index < -0.39 is 13.6 Å². The Labute approximate surface area is 212 Å². The first-order chi connectivity index (χ1) is 17.2.